The number of hydrogen-bond acceptors (Lipinski definition) is 4. The van der Waals surface area contributed by atoms with Crippen LogP contribution in [0, 0.1) is 17.3 Å². The zero-order valence-electron chi connectivity index (χ0n) is 15.7. The Morgan fingerprint density at radius 3 is 2.65 bits per heavy atom. The molecule has 26 heavy (non-hydrogen) atoms. The maximum atomic E-state index is 11.5. The van der Waals surface area contributed by atoms with Gasteiger partial charge in [0.2, 0.25) is 0 Å². The summed E-state index contributed by atoms with van der Waals surface area (Å²) in [6.07, 6.45) is 8.82. The molecule has 4 rings (SSSR count). The average molecular weight is 354 g/mol. The van der Waals surface area contributed by atoms with Gasteiger partial charge in [0.1, 0.15) is 11.9 Å². The molecule has 2 fully saturated rings. The van der Waals surface area contributed by atoms with E-state index in [1.807, 2.05) is 12.1 Å². The first-order valence-corrected chi connectivity index (χ1v) is 9.56. The minimum Gasteiger partial charge on any atom is -0.462 e. The van der Waals surface area contributed by atoms with Gasteiger partial charge >= 0.3 is 11.9 Å². The second-order valence-electron chi connectivity index (χ2n) is 8.25. The third kappa shape index (κ3) is 2.76. The molecule has 2 saturated carbocycles. The molecule has 0 saturated heterocycles. The lowest BCUT2D eigenvalue weighted by Crippen LogP contribution is -2.43. The van der Waals surface area contributed by atoms with E-state index in [1.54, 1.807) is 0 Å². The summed E-state index contributed by atoms with van der Waals surface area (Å²) in [4.78, 5) is 22.7. The van der Waals surface area contributed by atoms with E-state index >= 15 is 0 Å². The first kappa shape index (κ1) is 17.3. The van der Waals surface area contributed by atoms with E-state index in [0.717, 1.165) is 31.2 Å². The van der Waals surface area contributed by atoms with Gasteiger partial charge in [-0.1, -0.05) is 25.1 Å². The van der Waals surface area contributed by atoms with Gasteiger partial charge in [-0.15, -0.1) is 0 Å². The maximum Gasteiger partial charge on any atom is 0.308 e. The Balaban J connectivity index is 1.61. The smallest absolute Gasteiger partial charge is 0.308 e. The first-order chi connectivity index (χ1) is 12.4. The highest BCUT2D eigenvalue weighted by molar-refractivity contribution is 5.70. The number of carbonyl (C=O) groups excluding carboxylic acids is 2. The van der Waals surface area contributed by atoms with Crippen LogP contribution in [0.5, 0.6) is 5.75 Å². The second kappa shape index (κ2) is 6.26. The molecule has 0 aromatic heterocycles. The van der Waals surface area contributed by atoms with Crippen molar-refractivity contribution in [3.63, 3.8) is 0 Å². The average Bonchev–Trinajstić information content (AvgIpc) is 2.90. The molecule has 1 aromatic carbocycles. The topological polar surface area (TPSA) is 52.6 Å². The zero-order valence-corrected chi connectivity index (χ0v) is 15.7. The van der Waals surface area contributed by atoms with E-state index in [9.17, 15) is 9.59 Å². The second-order valence-corrected chi connectivity index (χ2v) is 8.25. The van der Waals surface area contributed by atoms with E-state index in [4.69, 9.17) is 9.47 Å². The van der Waals surface area contributed by atoms with Crippen LogP contribution in [0.3, 0.4) is 0 Å². The van der Waals surface area contributed by atoms with Crippen LogP contribution in [-0.2, 0) is 14.3 Å². The van der Waals surface area contributed by atoms with Crippen molar-refractivity contribution in [3.05, 3.63) is 35.4 Å². The molecular formula is C22H26O4. The summed E-state index contributed by atoms with van der Waals surface area (Å²) in [6, 6.07) is 5.99. The standard InChI is InChI=1S/C22H26O4/c1-13(23)25-16-5-7-17-15(12-16)4-6-19-18(17)10-11-22(3)20(19)8-9-21(22)26-14(2)24/h4-7,12,18-21H,8-11H2,1-3H3/t18-,19-,20+,21+,22+/m1/s1. The number of esters is 2. The van der Waals surface area contributed by atoms with Crippen LogP contribution in [0.4, 0.5) is 0 Å². The van der Waals surface area contributed by atoms with Crippen molar-refractivity contribution in [1.82, 2.24) is 0 Å². The van der Waals surface area contributed by atoms with E-state index in [1.165, 1.54) is 19.4 Å². The van der Waals surface area contributed by atoms with Gasteiger partial charge in [-0.25, -0.2) is 0 Å². The summed E-state index contributed by atoms with van der Waals surface area (Å²) >= 11 is 0. The molecule has 5 atom stereocenters. The molecule has 0 bridgehead atoms. The van der Waals surface area contributed by atoms with Gasteiger partial charge in [-0.3, -0.25) is 9.59 Å². The molecule has 0 heterocycles. The van der Waals surface area contributed by atoms with Crippen molar-refractivity contribution in [3.8, 4) is 5.75 Å². The van der Waals surface area contributed by atoms with Crippen LogP contribution in [0.2, 0.25) is 0 Å². The number of fused-ring (bicyclic) bond motifs is 5. The SMILES string of the molecule is CC(=O)Oc1ccc2c(c1)C=C[C@@H]1[C@@H]2CC[C@]2(C)[C@@H](OC(C)=O)CC[C@@H]12. The van der Waals surface area contributed by atoms with Crippen LogP contribution in [0.1, 0.15) is 63.5 Å². The lowest BCUT2D eigenvalue weighted by Gasteiger charge is -2.48. The van der Waals surface area contributed by atoms with Gasteiger partial charge in [0.25, 0.3) is 0 Å². The first-order valence-electron chi connectivity index (χ1n) is 9.56. The van der Waals surface area contributed by atoms with Crippen LogP contribution in [0.15, 0.2) is 24.3 Å². The number of ether oxygens (including phenoxy) is 2. The van der Waals surface area contributed by atoms with E-state index in [2.05, 4.69) is 25.1 Å². The van der Waals surface area contributed by atoms with Crippen molar-refractivity contribution in [2.75, 3.05) is 0 Å². The molecule has 0 spiro atoms. The molecule has 0 unspecified atom stereocenters. The minimum absolute atomic E-state index is 0.0482. The third-order valence-corrected chi connectivity index (χ3v) is 6.77. The van der Waals surface area contributed by atoms with E-state index in [-0.39, 0.29) is 23.5 Å². The number of allylic oxidation sites excluding steroid dienone is 1. The Labute approximate surface area is 154 Å². The lowest BCUT2D eigenvalue weighted by atomic mass is 9.57. The molecule has 4 nitrogen and oxygen atoms in total. The van der Waals surface area contributed by atoms with E-state index < -0.39 is 0 Å². The highest BCUT2D eigenvalue weighted by Gasteiger charge is 2.55. The summed E-state index contributed by atoms with van der Waals surface area (Å²) in [6.45, 7) is 5.24. The Hall–Kier alpha value is -2.10. The molecule has 3 aliphatic rings. The van der Waals surface area contributed by atoms with Crippen molar-refractivity contribution in [2.24, 2.45) is 17.3 Å². The Kier molecular flexibility index (Phi) is 4.17. The largest absolute Gasteiger partial charge is 0.462 e. The van der Waals surface area contributed by atoms with Crippen molar-refractivity contribution < 1.29 is 19.1 Å². The van der Waals surface area contributed by atoms with Crippen LogP contribution in [-0.4, -0.2) is 18.0 Å². The molecule has 0 radical (unpaired) electrons. The van der Waals surface area contributed by atoms with Crippen LogP contribution in [0.25, 0.3) is 6.08 Å². The number of hydrogen-bond donors (Lipinski definition) is 0. The van der Waals surface area contributed by atoms with Gasteiger partial charge < -0.3 is 9.47 Å². The molecule has 1 aromatic rings. The van der Waals surface area contributed by atoms with E-state index in [0.29, 0.717) is 23.5 Å². The summed E-state index contributed by atoms with van der Waals surface area (Å²) in [5.74, 6) is 1.68. The third-order valence-electron chi connectivity index (χ3n) is 6.77. The Morgan fingerprint density at radius 2 is 1.92 bits per heavy atom. The lowest BCUT2D eigenvalue weighted by molar-refractivity contribution is -0.154. The number of carbonyl (C=O) groups is 2. The predicted octanol–water partition coefficient (Wildman–Crippen LogP) is 4.48. The van der Waals surface area contributed by atoms with Gasteiger partial charge in [0.05, 0.1) is 0 Å². The van der Waals surface area contributed by atoms with Gasteiger partial charge in [-0.2, -0.15) is 0 Å². The zero-order chi connectivity index (χ0) is 18.5. The number of rotatable bonds is 2. The van der Waals surface area contributed by atoms with Crippen molar-refractivity contribution in [2.45, 2.75) is 58.5 Å². The van der Waals surface area contributed by atoms with Crippen molar-refractivity contribution >= 4 is 18.0 Å². The monoisotopic (exact) mass is 354 g/mol. The Bertz CT molecular complexity index is 780. The maximum absolute atomic E-state index is 11.5. The fourth-order valence-corrected chi connectivity index (χ4v) is 5.65. The molecule has 0 N–H and O–H groups in total. The molecule has 0 aliphatic heterocycles. The highest BCUT2D eigenvalue weighted by Crippen LogP contribution is 2.60. The Morgan fingerprint density at radius 1 is 1.12 bits per heavy atom. The fraction of sp³-hybridized carbons (Fsp3) is 0.545. The fourth-order valence-electron chi connectivity index (χ4n) is 5.65. The van der Waals surface area contributed by atoms with Crippen molar-refractivity contribution in [1.29, 1.82) is 0 Å². The van der Waals surface area contributed by atoms with Gasteiger partial charge in [0, 0.05) is 19.3 Å². The molecule has 0 amide bonds. The van der Waals surface area contributed by atoms with Crippen LogP contribution < -0.4 is 4.74 Å². The quantitative estimate of drug-likeness (QED) is 0.580. The highest BCUT2D eigenvalue weighted by atomic mass is 16.5. The molecule has 138 valence electrons. The molecule has 3 aliphatic carbocycles. The predicted molar refractivity (Wildman–Crippen MR) is 98.6 cm³/mol. The molecule has 4 heteroatoms. The summed E-state index contributed by atoms with van der Waals surface area (Å²) in [7, 11) is 0. The normalized spacial score (nSPS) is 34.4. The summed E-state index contributed by atoms with van der Waals surface area (Å²) in [5.41, 5.74) is 2.58. The summed E-state index contributed by atoms with van der Waals surface area (Å²) in [5, 5.41) is 0. The van der Waals surface area contributed by atoms with Crippen LogP contribution >= 0.6 is 0 Å². The van der Waals surface area contributed by atoms with Gasteiger partial charge in [-0.05, 0) is 66.7 Å². The minimum atomic E-state index is -0.293. The van der Waals surface area contributed by atoms with Gasteiger partial charge in [0.15, 0.2) is 0 Å². The molecular weight excluding hydrogens is 328 g/mol. The number of benzene rings is 1. The summed E-state index contributed by atoms with van der Waals surface area (Å²) < 4.78 is 10.9.